The number of tetrazole rings is 1. The summed E-state index contributed by atoms with van der Waals surface area (Å²) in [4.78, 5) is 4.61. The van der Waals surface area contributed by atoms with Crippen molar-refractivity contribution in [1.29, 1.82) is 0 Å². The Kier molecular flexibility index (Phi) is 6.81. The van der Waals surface area contributed by atoms with Crippen LogP contribution in [0.5, 0.6) is 0 Å². The molecule has 182 valence electrons. The summed E-state index contributed by atoms with van der Waals surface area (Å²) in [5, 5.41) is 36.2. The van der Waals surface area contributed by atoms with Gasteiger partial charge in [0, 0.05) is 36.4 Å². The molecule has 3 aromatic heterocycles. The van der Waals surface area contributed by atoms with Crippen molar-refractivity contribution in [2.75, 3.05) is 0 Å². The average molecular weight is 482 g/mol. The summed E-state index contributed by atoms with van der Waals surface area (Å²) in [6, 6.07) is 17.9. The molecule has 3 heterocycles. The van der Waals surface area contributed by atoms with E-state index in [0.717, 1.165) is 63.2 Å². The van der Waals surface area contributed by atoms with Crippen molar-refractivity contribution >= 4 is 0 Å². The second kappa shape index (κ2) is 10.5. The molecule has 5 rings (SSSR count). The van der Waals surface area contributed by atoms with Crippen LogP contribution in [0.4, 0.5) is 0 Å². The molecule has 0 bridgehead atoms. The van der Waals surface area contributed by atoms with Crippen LogP contribution in [0.3, 0.4) is 0 Å². The van der Waals surface area contributed by atoms with Crippen LogP contribution in [-0.2, 0) is 19.6 Å². The van der Waals surface area contributed by atoms with Gasteiger partial charge in [0.2, 0.25) is 0 Å². The van der Waals surface area contributed by atoms with E-state index in [0.29, 0.717) is 18.1 Å². The lowest BCUT2D eigenvalue weighted by molar-refractivity contribution is -0.604. The van der Waals surface area contributed by atoms with Crippen molar-refractivity contribution in [1.82, 2.24) is 30.2 Å². The third-order valence-electron chi connectivity index (χ3n) is 6.17. The summed E-state index contributed by atoms with van der Waals surface area (Å²) in [5.41, 5.74) is 6.25. The predicted molar refractivity (Wildman–Crippen MR) is 135 cm³/mol. The minimum Gasteiger partial charge on any atom is -0.619 e. The highest BCUT2D eigenvalue weighted by Crippen LogP contribution is 2.37. The summed E-state index contributed by atoms with van der Waals surface area (Å²) in [6.45, 7) is 2.67. The molecule has 0 saturated heterocycles. The summed E-state index contributed by atoms with van der Waals surface area (Å²) in [5.74, 6) is 1.54. The highest BCUT2D eigenvalue weighted by molar-refractivity contribution is 5.90. The number of hydrogen-bond donors (Lipinski definition) is 2. The molecule has 0 radical (unpaired) electrons. The van der Waals surface area contributed by atoms with Crippen molar-refractivity contribution in [3.05, 3.63) is 95.5 Å². The zero-order valence-electron chi connectivity index (χ0n) is 20.0. The fourth-order valence-electron chi connectivity index (χ4n) is 4.43. The molecule has 9 nitrogen and oxygen atoms in total. The van der Waals surface area contributed by atoms with Gasteiger partial charge in [0.25, 0.3) is 0 Å². The lowest BCUT2D eigenvalue weighted by atomic mass is 9.90. The Morgan fingerprint density at radius 1 is 1.03 bits per heavy atom. The van der Waals surface area contributed by atoms with Crippen molar-refractivity contribution in [2.24, 2.45) is 0 Å². The number of nitrogens with zero attached hydrogens (tertiary/aromatic N) is 6. The van der Waals surface area contributed by atoms with Crippen LogP contribution < -0.4 is 4.73 Å². The van der Waals surface area contributed by atoms with Gasteiger partial charge in [-0.25, -0.2) is 10.1 Å². The van der Waals surface area contributed by atoms with Crippen molar-refractivity contribution < 1.29 is 9.84 Å². The maximum Gasteiger partial charge on any atom is 0.188 e. The van der Waals surface area contributed by atoms with Gasteiger partial charge in [-0.1, -0.05) is 49.7 Å². The fraction of sp³-hybridized carbons (Fsp3) is 0.222. The Bertz CT molecular complexity index is 1460. The maximum atomic E-state index is 12.2. The highest BCUT2D eigenvalue weighted by Gasteiger charge is 2.17. The Hall–Kier alpha value is -4.37. The third kappa shape index (κ3) is 4.87. The van der Waals surface area contributed by atoms with E-state index >= 15 is 0 Å². The Morgan fingerprint density at radius 3 is 2.61 bits per heavy atom. The van der Waals surface area contributed by atoms with E-state index in [1.54, 1.807) is 12.3 Å². The van der Waals surface area contributed by atoms with E-state index in [-0.39, 0.29) is 6.61 Å². The quantitative estimate of drug-likeness (QED) is 0.243. The zero-order valence-corrected chi connectivity index (χ0v) is 20.0. The lowest BCUT2D eigenvalue weighted by Gasteiger charge is -2.15. The standard InChI is InChI=1S/C27H27N7O2/c1-2-3-10-26-28-21(18-35)17-33(26)15-19-11-12-23(25(14-19)20-7-6-13-34(36)16-20)22-8-4-5-9-24(22)27-29-31-32-30-27/h4-9,11-14,16-17,35H,2-3,10,15,18H2,1H3,(H,29,30,31,32). The Morgan fingerprint density at radius 2 is 1.86 bits per heavy atom. The number of nitrogens with one attached hydrogen (secondary N) is 1. The number of unbranched alkanes of at least 4 members (excludes halogenated alkanes) is 1. The second-order valence-electron chi connectivity index (χ2n) is 8.67. The number of benzene rings is 2. The van der Waals surface area contributed by atoms with Crippen LogP contribution in [0.25, 0.3) is 33.6 Å². The Labute approximate surface area is 208 Å². The van der Waals surface area contributed by atoms with Gasteiger partial charge in [-0.05, 0) is 51.2 Å². The normalized spacial score (nSPS) is 11.2. The molecule has 0 spiro atoms. The minimum absolute atomic E-state index is 0.0862. The van der Waals surface area contributed by atoms with E-state index in [4.69, 9.17) is 0 Å². The van der Waals surface area contributed by atoms with Gasteiger partial charge in [0.1, 0.15) is 5.82 Å². The number of H-pyrrole nitrogens is 1. The van der Waals surface area contributed by atoms with Gasteiger partial charge in [0.15, 0.2) is 18.2 Å². The second-order valence-corrected chi connectivity index (χ2v) is 8.67. The van der Waals surface area contributed by atoms with Crippen LogP contribution in [-0.4, -0.2) is 35.3 Å². The summed E-state index contributed by atoms with van der Waals surface area (Å²) in [6.07, 6.45) is 7.93. The molecule has 0 amide bonds. The number of imidazole rings is 1. The number of pyridine rings is 1. The number of aromatic nitrogens is 7. The molecule has 2 aromatic carbocycles. The number of aliphatic hydroxyl groups excluding tert-OH is 1. The van der Waals surface area contributed by atoms with Crippen LogP contribution in [0.1, 0.15) is 36.8 Å². The number of aryl methyl sites for hydroxylation is 1. The van der Waals surface area contributed by atoms with Gasteiger partial charge in [0.05, 0.1) is 12.3 Å². The van der Waals surface area contributed by atoms with Crippen molar-refractivity contribution in [2.45, 2.75) is 39.3 Å². The van der Waals surface area contributed by atoms with Gasteiger partial charge < -0.3 is 14.9 Å². The van der Waals surface area contributed by atoms with Gasteiger partial charge >= 0.3 is 0 Å². The van der Waals surface area contributed by atoms with Gasteiger partial charge in [-0.3, -0.25) is 0 Å². The molecule has 2 N–H and O–H groups in total. The number of aliphatic hydroxyl groups is 1. The van der Waals surface area contributed by atoms with E-state index in [1.165, 1.54) is 6.20 Å². The summed E-state index contributed by atoms with van der Waals surface area (Å²) >= 11 is 0. The fourth-order valence-corrected chi connectivity index (χ4v) is 4.43. The summed E-state index contributed by atoms with van der Waals surface area (Å²) in [7, 11) is 0. The predicted octanol–water partition coefficient (Wildman–Crippen LogP) is 3.91. The maximum absolute atomic E-state index is 12.2. The first-order valence-corrected chi connectivity index (χ1v) is 12.0. The first kappa shape index (κ1) is 23.4. The number of hydrogen-bond acceptors (Lipinski definition) is 6. The van der Waals surface area contributed by atoms with Gasteiger partial charge in [-0.15, -0.1) is 5.10 Å². The zero-order chi connectivity index (χ0) is 24.9. The van der Waals surface area contributed by atoms with Crippen molar-refractivity contribution in [3.63, 3.8) is 0 Å². The van der Waals surface area contributed by atoms with Crippen LogP contribution in [0, 0.1) is 5.21 Å². The Balaban J connectivity index is 1.61. The topological polar surface area (TPSA) is 119 Å². The number of aromatic amines is 1. The minimum atomic E-state index is -0.0862. The molecule has 0 saturated carbocycles. The highest BCUT2D eigenvalue weighted by atomic mass is 16.5. The van der Waals surface area contributed by atoms with Crippen LogP contribution in [0.15, 0.2) is 73.2 Å². The lowest BCUT2D eigenvalue weighted by Crippen LogP contribution is -2.24. The molecule has 0 aliphatic carbocycles. The van der Waals surface area contributed by atoms with E-state index in [1.807, 2.05) is 36.5 Å². The molecule has 0 fully saturated rings. The average Bonchev–Trinajstić information content (AvgIpc) is 3.58. The molecular weight excluding hydrogens is 454 g/mol. The summed E-state index contributed by atoms with van der Waals surface area (Å²) < 4.78 is 2.91. The molecule has 0 unspecified atom stereocenters. The van der Waals surface area contributed by atoms with E-state index < -0.39 is 0 Å². The van der Waals surface area contributed by atoms with E-state index in [2.05, 4.69) is 55.3 Å². The van der Waals surface area contributed by atoms with Crippen LogP contribution >= 0.6 is 0 Å². The number of rotatable bonds is 9. The molecule has 0 aliphatic heterocycles. The molecular formula is C27H27N7O2. The molecule has 9 heteroatoms. The van der Waals surface area contributed by atoms with Crippen LogP contribution in [0.2, 0.25) is 0 Å². The van der Waals surface area contributed by atoms with Crippen molar-refractivity contribution in [3.8, 4) is 33.6 Å². The monoisotopic (exact) mass is 481 g/mol. The largest absolute Gasteiger partial charge is 0.619 e. The molecule has 0 aliphatic rings. The van der Waals surface area contributed by atoms with Gasteiger partial charge in [-0.2, -0.15) is 4.73 Å². The first-order valence-electron chi connectivity index (χ1n) is 12.0. The smallest absolute Gasteiger partial charge is 0.188 e. The first-order chi connectivity index (χ1) is 17.7. The molecule has 5 aromatic rings. The van der Waals surface area contributed by atoms with E-state index in [9.17, 15) is 10.3 Å². The molecule has 0 atom stereocenters. The SMILES string of the molecule is CCCCc1nc(CO)cn1Cc1ccc(-c2ccccc2-c2nnn[nH]2)c(-c2ccc[n+]([O-])c2)c1. The third-order valence-corrected chi connectivity index (χ3v) is 6.17. The molecule has 36 heavy (non-hydrogen) atoms.